The fourth-order valence-electron chi connectivity index (χ4n) is 2.80. The van der Waals surface area contributed by atoms with E-state index in [4.69, 9.17) is 4.74 Å². The van der Waals surface area contributed by atoms with Crippen molar-refractivity contribution in [3.8, 4) is 5.75 Å². The highest BCUT2D eigenvalue weighted by molar-refractivity contribution is 6.05. The minimum absolute atomic E-state index is 0.0375. The lowest BCUT2D eigenvalue weighted by Gasteiger charge is -2.14. The number of rotatable bonds is 5. The molecule has 0 unspecified atom stereocenters. The van der Waals surface area contributed by atoms with Crippen molar-refractivity contribution in [2.24, 2.45) is 0 Å². The van der Waals surface area contributed by atoms with Crippen molar-refractivity contribution in [1.29, 1.82) is 0 Å². The number of ether oxygens (including phenoxy) is 1. The molecular formula is C20H23N3O2. The first-order chi connectivity index (χ1) is 12.0. The van der Waals surface area contributed by atoms with E-state index in [0.29, 0.717) is 17.0 Å². The van der Waals surface area contributed by atoms with E-state index in [1.807, 2.05) is 61.7 Å². The summed E-state index contributed by atoms with van der Waals surface area (Å²) in [6.45, 7) is 8.01. The first-order valence-corrected chi connectivity index (χ1v) is 8.54. The van der Waals surface area contributed by atoms with Gasteiger partial charge in [-0.15, -0.1) is 0 Å². The van der Waals surface area contributed by atoms with Crippen molar-refractivity contribution in [3.05, 3.63) is 59.5 Å². The van der Waals surface area contributed by atoms with Crippen LogP contribution in [0, 0.1) is 6.92 Å². The maximum atomic E-state index is 12.7. The number of para-hydroxylation sites is 2. The van der Waals surface area contributed by atoms with Crippen molar-refractivity contribution in [1.82, 2.24) is 9.38 Å². The van der Waals surface area contributed by atoms with Crippen molar-refractivity contribution < 1.29 is 9.53 Å². The van der Waals surface area contributed by atoms with E-state index < -0.39 is 0 Å². The van der Waals surface area contributed by atoms with Crippen LogP contribution in [0.25, 0.3) is 5.65 Å². The molecule has 0 atom stereocenters. The monoisotopic (exact) mass is 337 g/mol. The maximum Gasteiger partial charge on any atom is 0.257 e. The summed E-state index contributed by atoms with van der Waals surface area (Å²) in [5.41, 5.74) is 4.21. The van der Waals surface area contributed by atoms with E-state index in [0.717, 1.165) is 23.5 Å². The molecule has 1 aromatic carbocycles. The molecule has 0 aliphatic rings. The number of anilines is 1. The molecule has 5 heteroatoms. The maximum absolute atomic E-state index is 12.7. The van der Waals surface area contributed by atoms with Crippen LogP contribution in [0.2, 0.25) is 0 Å². The molecule has 1 amide bonds. The predicted octanol–water partition coefficient (Wildman–Crippen LogP) is 4.24. The average molecular weight is 337 g/mol. The number of nitrogens with one attached hydrogen (secondary N) is 1. The van der Waals surface area contributed by atoms with Crippen LogP contribution in [-0.4, -0.2) is 21.4 Å². The summed E-state index contributed by atoms with van der Waals surface area (Å²) in [4.78, 5) is 17.3. The molecule has 5 nitrogen and oxygen atoms in total. The zero-order valence-electron chi connectivity index (χ0n) is 15.0. The Hall–Kier alpha value is -2.82. The van der Waals surface area contributed by atoms with Gasteiger partial charge in [-0.2, -0.15) is 0 Å². The Kier molecular flexibility index (Phi) is 4.74. The molecule has 0 aliphatic carbocycles. The average Bonchev–Trinajstić information content (AvgIpc) is 2.91. The Labute approximate surface area is 147 Å². The van der Waals surface area contributed by atoms with Crippen molar-refractivity contribution >= 4 is 17.2 Å². The first-order valence-electron chi connectivity index (χ1n) is 8.54. The molecule has 0 radical (unpaired) electrons. The zero-order valence-corrected chi connectivity index (χ0v) is 15.0. The largest absolute Gasteiger partial charge is 0.489 e. The minimum atomic E-state index is -0.173. The Balaban J connectivity index is 1.89. The number of imidazole rings is 1. The fraction of sp³-hybridized carbons (Fsp3) is 0.300. The molecule has 0 aliphatic heterocycles. The summed E-state index contributed by atoms with van der Waals surface area (Å²) in [6, 6.07) is 11.1. The zero-order chi connectivity index (χ0) is 18.0. The van der Waals surface area contributed by atoms with Gasteiger partial charge in [-0.3, -0.25) is 4.79 Å². The highest BCUT2D eigenvalue weighted by Crippen LogP contribution is 2.25. The number of hydrogen-bond donors (Lipinski definition) is 1. The third-order valence-electron chi connectivity index (χ3n) is 4.05. The third kappa shape index (κ3) is 3.50. The van der Waals surface area contributed by atoms with Crippen molar-refractivity contribution in [2.45, 2.75) is 40.2 Å². The molecule has 25 heavy (non-hydrogen) atoms. The van der Waals surface area contributed by atoms with E-state index in [9.17, 15) is 4.79 Å². The van der Waals surface area contributed by atoms with Gasteiger partial charge in [0.05, 0.1) is 23.0 Å². The second-order valence-electron chi connectivity index (χ2n) is 6.26. The Morgan fingerprint density at radius 1 is 1.24 bits per heavy atom. The van der Waals surface area contributed by atoms with Gasteiger partial charge >= 0.3 is 0 Å². The summed E-state index contributed by atoms with van der Waals surface area (Å²) >= 11 is 0. The summed E-state index contributed by atoms with van der Waals surface area (Å²) in [5, 5.41) is 2.94. The standard InChI is InChI=1S/C20H23N3O2/c1-5-16-14(4)23-12-15(10-11-19(23)21-16)20(24)22-17-8-6-7-9-18(17)25-13(2)3/h6-13H,5H2,1-4H3,(H,22,24). The first kappa shape index (κ1) is 17.0. The van der Waals surface area contributed by atoms with Crippen LogP contribution in [0.4, 0.5) is 5.69 Å². The topological polar surface area (TPSA) is 55.6 Å². The van der Waals surface area contributed by atoms with Gasteiger partial charge in [-0.05, 0) is 51.5 Å². The number of fused-ring (bicyclic) bond motifs is 1. The highest BCUT2D eigenvalue weighted by Gasteiger charge is 2.13. The van der Waals surface area contributed by atoms with Gasteiger partial charge in [0, 0.05) is 11.9 Å². The van der Waals surface area contributed by atoms with E-state index in [2.05, 4.69) is 17.2 Å². The number of carbonyl (C=O) groups excluding carboxylic acids is 1. The van der Waals surface area contributed by atoms with Crippen LogP contribution < -0.4 is 10.1 Å². The normalized spacial score (nSPS) is 11.1. The van der Waals surface area contributed by atoms with Gasteiger partial charge in [0.25, 0.3) is 5.91 Å². The molecule has 0 fully saturated rings. The summed E-state index contributed by atoms with van der Waals surface area (Å²) < 4.78 is 7.72. The third-order valence-corrected chi connectivity index (χ3v) is 4.05. The summed E-state index contributed by atoms with van der Waals surface area (Å²) in [7, 11) is 0. The van der Waals surface area contributed by atoms with Crippen LogP contribution >= 0.6 is 0 Å². The number of carbonyl (C=O) groups is 1. The summed E-state index contributed by atoms with van der Waals surface area (Å²) in [5.74, 6) is 0.492. The minimum Gasteiger partial charge on any atom is -0.489 e. The van der Waals surface area contributed by atoms with Crippen LogP contribution in [-0.2, 0) is 6.42 Å². The number of amides is 1. The predicted molar refractivity (Wildman–Crippen MR) is 99.5 cm³/mol. The van der Waals surface area contributed by atoms with E-state index in [-0.39, 0.29) is 12.0 Å². The van der Waals surface area contributed by atoms with Gasteiger partial charge in [0.15, 0.2) is 0 Å². The summed E-state index contributed by atoms with van der Waals surface area (Å²) in [6.07, 6.45) is 2.74. The van der Waals surface area contributed by atoms with Gasteiger partial charge < -0.3 is 14.5 Å². The molecule has 2 heterocycles. The number of benzene rings is 1. The van der Waals surface area contributed by atoms with E-state index in [1.165, 1.54) is 0 Å². The lowest BCUT2D eigenvalue weighted by Crippen LogP contribution is -2.15. The van der Waals surface area contributed by atoms with Crippen LogP contribution in [0.15, 0.2) is 42.6 Å². The van der Waals surface area contributed by atoms with E-state index in [1.54, 1.807) is 6.07 Å². The molecular weight excluding hydrogens is 314 g/mol. The second kappa shape index (κ2) is 6.97. The quantitative estimate of drug-likeness (QED) is 0.757. The molecule has 0 saturated heterocycles. The highest BCUT2D eigenvalue weighted by atomic mass is 16.5. The van der Waals surface area contributed by atoms with Gasteiger partial charge in [0.1, 0.15) is 11.4 Å². The lowest BCUT2D eigenvalue weighted by molar-refractivity contribution is 0.102. The molecule has 0 spiro atoms. The number of nitrogens with zero attached hydrogens (tertiary/aromatic N) is 2. The van der Waals surface area contributed by atoms with Crippen LogP contribution in [0.1, 0.15) is 42.5 Å². The van der Waals surface area contributed by atoms with Gasteiger partial charge in [0.2, 0.25) is 0 Å². The molecule has 1 N–H and O–H groups in total. The molecule has 0 saturated carbocycles. The van der Waals surface area contributed by atoms with Crippen molar-refractivity contribution in [2.75, 3.05) is 5.32 Å². The smallest absolute Gasteiger partial charge is 0.257 e. The molecule has 3 aromatic rings. The van der Waals surface area contributed by atoms with Gasteiger partial charge in [-0.25, -0.2) is 4.98 Å². The van der Waals surface area contributed by atoms with E-state index >= 15 is 0 Å². The van der Waals surface area contributed by atoms with Crippen LogP contribution in [0.3, 0.4) is 0 Å². The molecule has 2 aromatic heterocycles. The number of pyridine rings is 1. The van der Waals surface area contributed by atoms with Crippen LogP contribution in [0.5, 0.6) is 5.75 Å². The SMILES string of the molecule is CCc1nc2ccc(C(=O)Nc3ccccc3OC(C)C)cn2c1C. The molecule has 130 valence electrons. The Morgan fingerprint density at radius 2 is 2.00 bits per heavy atom. The molecule has 3 rings (SSSR count). The number of aryl methyl sites for hydroxylation is 2. The fourth-order valence-corrected chi connectivity index (χ4v) is 2.80. The molecule has 0 bridgehead atoms. The Bertz CT molecular complexity index is 912. The lowest BCUT2D eigenvalue weighted by atomic mass is 10.2. The van der Waals surface area contributed by atoms with Crippen molar-refractivity contribution in [3.63, 3.8) is 0 Å². The number of aromatic nitrogens is 2. The van der Waals surface area contributed by atoms with Gasteiger partial charge in [-0.1, -0.05) is 19.1 Å². The number of hydrogen-bond acceptors (Lipinski definition) is 3. The second-order valence-corrected chi connectivity index (χ2v) is 6.26. The Morgan fingerprint density at radius 3 is 2.72 bits per heavy atom.